The lowest BCUT2D eigenvalue weighted by Gasteiger charge is -2.36. The van der Waals surface area contributed by atoms with E-state index in [1.807, 2.05) is 19.1 Å². The number of aliphatic hydroxyl groups is 1. The van der Waals surface area contributed by atoms with Crippen molar-refractivity contribution in [3.63, 3.8) is 0 Å². The highest BCUT2D eigenvalue weighted by molar-refractivity contribution is 5.45. The van der Waals surface area contributed by atoms with E-state index in [4.69, 9.17) is 15.6 Å². The molecule has 0 radical (unpaired) electrons. The third-order valence-corrected chi connectivity index (χ3v) is 2.61. The Hall–Kier alpha value is -1.33. The van der Waals surface area contributed by atoms with Crippen LogP contribution in [-0.4, -0.2) is 42.0 Å². The van der Waals surface area contributed by atoms with Crippen molar-refractivity contribution < 1.29 is 9.84 Å². The Labute approximate surface area is 94.8 Å². The minimum absolute atomic E-state index is 0.0309. The molecular formula is C11H17N3O2. The molecule has 0 bridgehead atoms. The molecule has 1 aromatic rings. The van der Waals surface area contributed by atoms with Gasteiger partial charge in [0, 0.05) is 13.1 Å². The predicted molar refractivity (Wildman–Crippen MR) is 62.3 cm³/mol. The summed E-state index contributed by atoms with van der Waals surface area (Å²) in [6, 6.07) is 5.56. The second-order valence-corrected chi connectivity index (χ2v) is 4.08. The Kier molecular flexibility index (Phi) is 3.26. The quantitative estimate of drug-likeness (QED) is 0.752. The zero-order chi connectivity index (χ0) is 11.5. The first-order valence-electron chi connectivity index (χ1n) is 5.43. The molecule has 2 heterocycles. The van der Waals surface area contributed by atoms with E-state index in [9.17, 15) is 0 Å². The van der Waals surface area contributed by atoms with Crippen molar-refractivity contribution in [3.05, 3.63) is 18.2 Å². The third kappa shape index (κ3) is 2.43. The van der Waals surface area contributed by atoms with Gasteiger partial charge in [0.2, 0.25) is 0 Å². The fraction of sp³-hybridized carbons (Fsp3) is 0.545. The molecule has 1 aliphatic heterocycles. The van der Waals surface area contributed by atoms with E-state index < -0.39 is 0 Å². The molecule has 0 saturated carbocycles. The SMILES string of the molecule is CC1CN(c2cccc(N)n2)CC(CO)O1. The van der Waals surface area contributed by atoms with Gasteiger partial charge in [-0.3, -0.25) is 0 Å². The Morgan fingerprint density at radius 2 is 2.38 bits per heavy atom. The summed E-state index contributed by atoms with van der Waals surface area (Å²) in [7, 11) is 0. The number of nitrogens with zero attached hydrogens (tertiary/aromatic N) is 2. The summed E-state index contributed by atoms with van der Waals surface area (Å²) in [5.41, 5.74) is 5.65. The molecule has 3 N–H and O–H groups in total. The van der Waals surface area contributed by atoms with E-state index in [0.717, 1.165) is 12.4 Å². The van der Waals surface area contributed by atoms with Gasteiger partial charge in [-0.15, -0.1) is 0 Å². The molecule has 0 aromatic carbocycles. The summed E-state index contributed by atoms with van der Waals surface area (Å²) in [6.45, 7) is 3.44. The monoisotopic (exact) mass is 223 g/mol. The van der Waals surface area contributed by atoms with Crippen LogP contribution in [0.25, 0.3) is 0 Å². The standard InChI is InChI=1S/C11H17N3O2/c1-8-5-14(6-9(7-15)16-8)11-4-2-3-10(12)13-11/h2-4,8-9,15H,5-7H2,1H3,(H2,12,13). The molecule has 16 heavy (non-hydrogen) atoms. The molecule has 1 saturated heterocycles. The van der Waals surface area contributed by atoms with E-state index in [-0.39, 0.29) is 18.8 Å². The molecule has 1 fully saturated rings. The lowest BCUT2D eigenvalue weighted by molar-refractivity contribution is -0.0422. The number of pyridine rings is 1. The number of aromatic nitrogens is 1. The number of nitrogen functional groups attached to an aromatic ring is 1. The summed E-state index contributed by atoms with van der Waals surface area (Å²) in [6.07, 6.45) is -0.0545. The van der Waals surface area contributed by atoms with Crippen molar-refractivity contribution in [3.8, 4) is 0 Å². The van der Waals surface area contributed by atoms with E-state index in [0.29, 0.717) is 12.4 Å². The van der Waals surface area contributed by atoms with Crippen LogP contribution in [0, 0.1) is 0 Å². The van der Waals surface area contributed by atoms with Gasteiger partial charge < -0.3 is 20.5 Å². The zero-order valence-corrected chi connectivity index (χ0v) is 9.34. The summed E-state index contributed by atoms with van der Waals surface area (Å²) in [4.78, 5) is 6.36. The maximum absolute atomic E-state index is 9.13. The topological polar surface area (TPSA) is 71.6 Å². The van der Waals surface area contributed by atoms with Crippen LogP contribution in [0.4, 0.5) is 11.6 Å². The smallest absolute Gasteiger partial charge is 0.131 e. The Morgan fingerprint density at radius 3 is 3.06 bits per heavy atom. The van der Waals surface area contributed by atoms with Crippen molar-refractivity contribution in [2.75, 3.05) is 30.3 Å². The van der Waals surface area contributed by atoms with Crippen LogP contribution in [0.2, 0.25) is 0 Å². The molecule has 88 valence electrons. The number of rotatable bonds is 2. The van der Waals surface area contributed by atoms with Gasteiger partial charge in [-0.2, -0.15) is 0 Å². The third-order valence-electron chi connectivity index (χ3n) is 2.61. The molecule has 2 rings (SSSR count). The van der Waals surface area contributed by atoms with Gasteiger partial charge in [-0.25, -0.2) is 4.98 Å². The van der Waals surface area contributed by atoms with Crippen molar-refractivity contribution in [1.29, 1.82) is 0 Å². The van der Waals surface area contributed by atoms with Gasteiger partial charge in [-0.1, -0.05) is 6.07 Å². The van der Waals surface area contributed by atoms with Gasteiger partial charge in [0.1, 0.15) is 11.6 Å². The number of hydrogen-bond acceptors (Lipinski definition) is 5. The molecule has 0 amide bonds. The predicted octanol–water partition coefficient (Wildman–Crippen LogP) is 0.250. The van der Waals surface area contributed by atoms with Crippen LogP contribution in [0.1, 0.15) is 6.92 Å². The molecule has 2 atom stereocenters. The molecule has 2 unspecified atom stereocenters. The fourth-order valence-corrected chi connectivity index (χ4v) is 1.95. The summed E-state index contributed by atoms with van der Waals surface area (Å²) in [5, 5.41) is 9.13. The van der Waals surface area contributed by atoms with Gasteiger partial charge in [0.25, 0.3) is 0 Å². The Morgan fingerprint density at radius 1 is 1.56 bits per heavy atom. The van der Waals surface area contributed by atoms with E-state index >= 15 is 0 Å². The van der Waals surface area contributed by atoms with Crippen molar-refractivity contribution >= 4 is 11.6 Å². The van der Waals surface area contributed by atoms with Crippen LogP contribution >= 0.6 is 0 Å². The van der Waals surface area contributed by atoms with Crippen LogP contribution in [0.15, 0.2) is 18.2 Å². The number of nitrogens with two attached hydrogens (primary N) is 1. The molecule has 0 aliphatic carbocycles. The second-order valence-electron chi connectivity index (χ2n) is 4.08. The Bertz CT molecular complexity index is 359. The first-order valence-corrected chi connectivity index (χ1v) is 5.43. The first kappa shape index (κ1) is 11.2. The number of ether oxygens (including phenoxy) is 1. The number of hydrogen-bond donors (Lipinski definition) is 2. The second kappa shape index (κ2) is 4.67. The normalized spacial score (nSPS) is 25.8. The number of morpholine rings is 1. The highest BCUT2D eigenvalue weighted by Gasteiger charge is 2.25. The summed E-state index contributed by atoms with van der Waals surface area (Å²) >= 11 is 0. The molecular weight excluding hydrogens is 206 g/mol. The van der Waals surface area contributed by atoms with Gasteiger partial charge in [-0.05, 0) is 19.1 Å². The number of anilines is 2. The molecule has 5 heteroatoms. The lowest BCUT2D eigenvalue weighted by atomic mass is 10.2. The van der Waals surface area contributed by atoms with Crippen LogP contribution in [0.3, 0.4) is 0 Å². The van der Waals surface area contributed by atoms with Gasteiger partial charge in [0.05, 0.1) is 18.8 Å². The van der Waals surface area contributed by atoms with Crippen LogP contribution in [-0.2, 0) is 4.74 Å². The average Bonchev–Trinajstić information content (AvgIpc) is 2.28. The largest absolute Gasteiger partial charge is 0.394 e. The van der Waals surface area contributed by atoms with Crippen molar-refractivity contribution in [2.24, 2.45) is 0 Å². The van der Waals surface area contributed by atoms with Crippen LogP contribution in [0.5, 0.6) is 0 Å². The van der Waals surface area contributed by atoms with E-state index in [2.05, 4.69) is 9.88 Å². The number of aliphatic hydroxyl groups excluding tert-OH is 1. The summed E-state index contributed by atoms with van der Waals surface area (Å²) in [5.74, 6) is 1.35. The highest BCUT2D eigenvalue weighted by atomic mass is 16.5. The minimum atomic E-state index is -0.146. The van der Waals surface area contributed by atoms with E-state index in [1.54, 1.807) is 6.07 Å². The first-order chi connectivity index (χ1) is 7.69. The molecule has 5 nitrogen and oxygen atoms in total. The molecule has 1 aliphatic rings. The zero-order valence-electron chi connectivity index (χ0n) is 9.34. The maximum atomic E-state index is 9.13. The van der Waals surface area contributed by atoms with Gasteiger partial charge in [0.15, 0.2) is 0 Å². The van der Waals surface area contributed by atoms with Crippen molar-refractivity contribution in [2.45, 2.75) is 19.1 Å². The average molecular weight is 223 g/mol. The van der Waals surface area contributed by atoms with Crippen LogP contribution < -0.4 is 10.6 Å². The Balaban J connectivity index is 2.14. The van der Waals surface area contributed by atoms with Gasteiger partial charge >= 0.3 is 0 Å². The maximum Gasteiger partial charge on any atom is 0.131 e. The lowest BCUT2D eigenvalue weighted by Crippen LogP contribution is -2.48. The minimum Gasteiger partial charge on any atom is -0.394 e. The fourth-order valence-electron chi connectivity index (χ4n) is 1.95. The molecule has 0 spiro atoms. The van der Waals surface area contributed by atoms with E-state index in [1.165, 1.54) is 0 Å². The molecule has 1 aromatic heterocycles. The highest BCUT2D eigenvalue weighted by Crippen LogP contribution is 2.18. The van der Waals surface area contributed by atoms with Crippen molar-refractivity contribution in [1.82, 2.24) is 4.98 Å². The summed E-state index contributed by atoms with van der Waals surface area (Å²) < 4.78 is 5.57.